The number of rotatable bonds is 2. The third kappa shape index (κ3) is 3.56. The second kappa shape index (κ2) is 9.62. The molecule has 3 heteroatoms. The van der Waals surface area contributed by atoms with Gasteiger partial charge in [0.1, 0.15) is 0 Å². The number of nitrogens with zero attached hydrogens (tertiary/aromatic N) is 3. The molecular weight excluding hydrogens is 534 g/mol. The molecule has 0 aliphatic heterocycles. The van der Waals surface area contributed by atoms with Crippen LogP contribution in [0.5, 0.6) is 0 Å². The van der Waals surface area contributed by atoms with Gasteiger partial charge >= 0.3 is 0 Å². The molecule has 3 nitrogen and oxygen atoms in total. The summed E-state index contributed by atoms with van der Waals surface area (Å²) in [6.45, 7) is 0. The van der Waals surface area contributed by atoms with Crippen LogP contribution >= 0.6 is 0 Å². The molecule has 0 fully saturated rings. The largest absolute Gasteiger partial charge is 0.340 e. The highest BCUT2D eigenvalue weighted by Crippen LogP contribution is 2.39. The summed E-state index contributed by atoms with van der Waals surface area (Å²) in [4.78, 5) is 0. The monoisotopic (exact) mass is 563 g/mol. The molecule has 0 aliphatic carbocycles. The van der Waals surface area contributed by atoms with Gasteiger partial charge in [-0.3, -0.25) is 0 Å². The van der Waals surface area contributed by atoms with Gasteiger partial charge in [0.2, 0.25) is 0 Å². The Morgan fingerprint density at radius 1 is 0.318 bits per heavy atom. The van der Waals surface area contributed by atoms with Crippen LogP contribution in [0.25, 0.3) is 76.8 Å². The fourth-order valence-electron chi connectivity index (χ4n) is 7.11. The van der Waals surface area contributed by atoms with Crippen molar-refractivity contribution in [3.05, 3.63) is 158 Å². The zero-order valence-corrected chi connectivity index (χ0v) is 24.4. The van der Waals surface area contributed by atoms with E-state index in [9.17, 15) is 0 Å². The highest BCUT2D eigenvalue weighted by atomic mass is 15.0. The Morgan fingerprint density at radius 3 is 1.14 bits per heavy atom. The zero-order chi connectivity index (χ0) is 29.2. The van der Waals surface area contributed by atoms with Crippen molar-refractivity contribution in [1.82, 2.24) is 13.7 Å². The van der Waals surface area contributed by atoms with Crippen molar-refractivity contribution >= 4 is 65.4 Å². The molecule has 208 valence electrons. The van der Waals surface area contributed by atoms with E-state index in [0.717, 1.165) is 11.4 Å². The van der Waals surface area contributed by atoms with Gasteiger partial charge in [-0.15, -0.1) is 0 Å². The van der Waals surface area contributed by atoms with Gasteiger partial charge in [0.15, 0.2) is 0 Å². The third-order valence-corrected chi connectivity index (χ3v) is 9.04. The van der Waals surface area contributed by atoms with Crippen LogP contribution in [-0.4, -0.2) is 13.7 Å². The van der Waals surface area contributed by atoms with Crippen LogP contribution in [0.1, 0.15) is 0 Å². The molecule has 0 unspecified atom stereocenters. The van der Waals surface area contributed by atoms with Crippen LogP contribution in [0, 0.1) is 0 Å². The molecule has 0 aliphatic rings. The van der Waals surface area contributed by atoms with Crippen molar-refractivity contribution in [2.45, 2.75) is 0 Å². The van der Waals surface area contributed by atoms with Gasteiger partial charge in [0, 0.05) is 40.0 Å². The molecule has 6 aromatic carbocycles. The van der Waals surface area contributed by atoms with E-state index in [0.29, 0.717) is 0 Å². The predicted octanol–water partition coefficient (Wildman–Crippen LogP) is 10.7. The van der Waals surface area contributed by atoms with Crippen LogP contribution in [0.3, 0.4) is 0 Å². The Hall–Kier alpha value is -5.80. The van der Waals surface area contributed by atoms with E-state index in [4.69, 9.17) is 0 Å². The SMILES string of the molecule is Cn1c2c(ccc3ccc4ccccc4n(-c4ccccc4)c32)c2ccc3ccc4ccccc4n(-c4ccccc4)c3c21. The summed E-state index contributed by atoms with van der Waals surface area (Å²) in [7, 11) is 2.23. The second-order valence-electron chi connectivity index (χ2n) is 11.5. The first-order chi connectivity index (χ1) is 21.8. The molecule has 0 N–H and O–H groups in total. The van der Waals surface area contributed by atoms with Crippen molar-refractivity contribution in [3.8, 4) is 11.4 Å². The number of para-hydroxylation sites is 4. The first-order valence-electron chi connectivity index (χ1n) is 15.1. The molecule has 0 spiro atoms. The summed E-state index contributed by atoms with van der Waals surface area (Å²) >= 11 is 0. The van der Waals surface area contributed by atoms with Gasteiger partial charge in [-0.1, -0.05) is 121 Å². The van der Waals surface area contributed by atoms with Crippen LogP contribution in [0.4, 0.5) is 0 Å². The van der Waals surface area contributed by atoms with Crippen molar-refractivity contribution in [3.63, 3.8) is 0 Å². The standard InChI is InChI=1S/C41H29N3/c1-42-40-34(26-24-30-22-20-28-12-8-10-18-36(28)43(38(30)40)32-14-4-2-5-15-32)35-27-25-31-23-21-29-13-9-11-19-37(29)44(39(31)41(35)42)33-16-6-3-7-17-33/h2-27H,1H3. The fourth-order valence-corrected chi connectivity index (χ4v) is 7.11. The average molecular weight is 564 g/mol. The molecule has 0 atom stereocenters. The van der Waals surface area contributed by atoms with Gasteiger partial charge < -0.3 is 13.7 Å². The Bertz CT molecular complexity index is 2420. The van der Waals surface area contributed by atoms with E-state index in [2.05, 4.69) is 178 Å². The van der Waals surface area contributed by atoms with E-state index in [1.165, 1.54) is 65.4 Å². The predicted molar refractivity (Wildman–Crippen MR) is 187 cm³/mol. The van der Waals surface area contributed by atoms with Gasteiger partial charge in [0.25, 0.3) is 0 Å². The summed E-state index contributed by atoms with van der Waals surface area (Å²) in [5.41, 5.74) is 9.45. The second-order valence-corrected chi connectivity index (χ2v) is 11.5. The molecule has 0 bridgehead atoms. The van der Waals surface area contributed by atoms with E-state index in [-0.39, 0.29) is 0 Å². The maximum absolute atomic E-state index is 2.44. The lowest BCUT2D eigenvalue weighted by molar-refractivity contribution is 1.01. The topological polar surface area (TPSA) is 14.8 Å². The van der Waals surface area contributed by atoms with Crippen LogP contribution < -0.4 is 0 Å². The summed E-state index contributed by atoms with van der Waals surface area (Å²) in [5.74, 6) is 0. The maximum atomic E-state index is 2.44. The number of fused-ring (bicyclic) bond motifs is 9. The molecule has 0 amide bonds. The van der Waals surface area contributed by atoms with Crippen molar-refractivity contribution < 1.29 is 0 Å². The summed E-state index contributed by atoms with van der Waals surface area (Å²) in [6.07, 6.45) is 0. The fraction of sp³-hybridized carbons (Fsp3) is 0.0244. The van der Waals surface area contributed by atoms with Gasteiger partial charge in [-0.25, -0.2) is 0 Å². The molecular formula is C41H29N3. The van der Waals surface area contributed by atoms with Gasteiger partial charge in [-0.2, -0.15) is 0 Å². The molecule has 0 radical (unpaired) electrons. The number of aromatic nitrogens is 3. The van der Waals surface area contributed by atoms with Crippen molar-refractivity contribution in [2.24, 2.45) is 7.05 Å². The lowest BCUT2D eigenvalue weighted by Crippen LogP contribution is -2.01. The zero-order valence-electron chi connectivity index (χ0n) is 24.4. The molecule has 0 saturated heterocycles. The number of hydrogen-bond acceptors (Lipinski definition) is 0. The number of aryl methyl sites for hydroxylation is 1. The summed E-state index contributed by atoms with van der Waals surface area (Å²) < 4.78 is 7.31. The summed E-state index contributed by atoms with van der Waals surface area (Å²) in [6, 6.07) is 57.1. The molecule has 44 heavy (non-hydrogen) atoms. The summed E-state index contributed by atoms with van der Waals surface area (Å²) in [5, 5.41) is 7.27. The molecule has 9 aromatic rings. The van der Waals surface area contributed by atoms with Crippen LogP contribution in [-0.2, 0) is 7.05 Å². The van der Waals surface area contributed by atoms with Gasteiger partial charge in [0.05, 0.1) is 33.1 Å². The van der Waals surface area contributed by atoms with E-state index >= 15 is 0 Å². The quantitative estimate of drug-likeness (QED) is 0.199. The van der Waals surface area contributed by atoms with Crippen molar-refractivity contribution in [1.29, 1.82) is 0 Å². The normalized spacial score (nSPS) is 11.8. The van der Waals surface area contributed by atoms with Crippen LogP contribution in [0.15, 0.2) is 158 Å². The highest BCUT2D eigenvalue weighted by Gasteiger charge is 2.19. The maximum Gasteiger partial charge on any atom is 0.0778 e. The van der Waals surface area contributed by atoms with Crippen LogP contribution in [0.2, 0.25) is 0 Å². The van der Waals surface area contributed by atoms with E-state index in [1.807, 2.05) is 0 Å². The third-order valence-electron chi connectivity index (χ3n) is 9.04. The highest BCUT2D eigenvalue weighted by molar-refractivity contribution is 6.22. The van der Waals surface area contributed by atoms with E-state index < -0.39 is 0 Å². The van der Waals surface area contributed by atoms with E-state index in [1.54, 1.807) is 0 Å². The Morgan fingerprint density at radius 2 is 0.682 bits per heavy atom. The number of benzene rings is 6. The first-order valence-corrected chi connectivity index (χ1v) is 15.1. The smallest absolute Gasteiger partial charge is 0.0778 e. The minimum Gasteiger partial charge on any atom is -0.340 e. The Balaban J connectivity index is 1.58. The first kappa shape index (κ1) is 24.8. The van der Waals surface area contributed by atoms with Crippen molar-refractivity contribution in [2.75, 3.05) is 0 Å². The Kier molecular flexibility index (Phi) is 5.41. The lowest BCUT2D eigenvalue weighted by Gasteiger charge is -2.15. The number of hydrogen-bond donors (Lipinski definition) is 0. The minimum absolute atomic E-state index is 1.14. The average Bonchev–Trinajstić information content (AvgIpc) is 3.19. The lowest BCUT2D eigenvalue weighted by atomic mass is 10.1. The molecule has 9 rings (SSSR count). The molecule has 3 heterocycles. The Labute approximate surface area is 254 Å². The molecule has 3 aromatic heterocycles. The molecule has 0 saturated carbocycles. The minimum atomic E-state index is 1.14. The van der Waals surface area contributed by atoms with Gasteiger partial charge in [-0.05, 0) is 47.2 Å².